The first-order chi connectivity index (χ1) is 16.0. The van der Waals surface area contributed by atoms with Crippen LogP contribution in [0, 0.1) is 0 Å². The number of carbonyl (C=O) groups excluding carboxylic acids is 1. The molecule has 0 bridgehead atoms. The topological polar surface area (TPSA) is 63.7 Å². The van der Waals surface area contributed by atoms with Crippen LogP contribution < -0.4 is 9.04 Å². The summed E-state index contributed by atoms with van der Waals surface area (Å²) in [5.41, 5.74) is 2.33. The second-order valence-electron chi connectivity index (χ2n) is 7.41. The molecule has 33 heavy (non-hydrogen) atoms. The van der Waals surface area contributed by atoms with Crippen molar-refractivity contribution in [3.05, 3.63) is 115 Å². The first-order valence-corrected chi connectivity index (χ1v) is 11.9. The van der Waals surface area contributed by atoms with Crippen molar-refractivity contribution >= 4 is 21.6 Å². The summed E-state index contributed by atoms with van der Waals surface area (Å²) in [6, 6.07) is 33.4. The number of nitrogens with zero attached hydrogens (tertiary/aromatic N) is 1. The third-order valence-electron chi connectivity index (χ3n) is 5.09. The third kappa shape index (κ3) is 4.96. The summed E-state index contributed by atoms with van der Waals surface area (Å²) in [7, 11) is -4.13. The largest absolute Gasteiger partial charge is 0.481 e. The van der Waals surface area contributed by atoms with Crippen molar-refractivity contribution in [3.8, 4) is 16.9 Å². The maximum Gasteiger partial charge on any atom is 0.281 e. The van der Waals surface area contributed by atoms with Gasteiger partial charge in [-0.15, -0.1) is 0 Å². The third-order valence-corrected chi connectivity index (χ3v) is 6.83. The highest BCUT2D eigenvalue weighted by molar-refractivity contribution is 7.93. The SMILES string of the molecule is CC(Oc1ccc(-c2ccccc2)cc1)C(=O)N(c1ccccc1)S(=O)(=O)c1ccccc1. The minimum absolute atomic E-state index is 0.0293. The van der Waals surface area contributed by atoms with E-state index in [2.05, 4.69) is 0 Å². The number of anilines is 1. The summed E-state index contributed by atoms with van der Waals surface area (Å²) in [6.45, 7) is 1.55. The molecule has 0 spiro atoms. The number of rotatable bonds is 7. The van der Waals surface area contributed by atoms with Crippen LogP contribution in [0.15, 0.2) is 120 Å². The Hall–Kier alpha value is -3.90. The molecular weight excluding hydrogens is 434 g/mol. The van der Waals surface area contributed by atoms with Crippen molar-refractivity contribution in [3.63, 3.8) is 0 Å². The summed E-state index contributed by atoms with van der Waals surface area (Å²) < 4.78 is 33.4. The molecule has 4 aromatic rings. The van der Waals surface area contributed by atoms with Crippen LogP contribution in [0.5, 0.6) is 5.75 Å². The number of sulfonamides is 1. The van der Waals surface area contributed by atoms with E-state index < -0.39 is 22.0 Å². The molecule has 0 aliphatic heterocycles. The first-order valence-electron chi connectivity index (χ1n) is 10.5. The van der Waals surface area contributed by atoms with E-state index in [1.54, 1.807) is 67.6 Å². The van der Waals surface area contributed by atoms with Crippen molar-refractivity contribution in [2.24, 2.45) is 0 Å². The van der Waals surface area contributed by atoms with Gasteiger partial charge < -0.3 is 4.74 Å². The minimum Gasteiger partial charge on any atom is -0.481 e. The lowest BCUT2D eigenvalue weighted by molar-refractivity contribution is -0.123. The van der Waals surface area contributed by atoms with E-state index in [1.165, 1.54) is 12.1 Å². The lowest BCUT2D eigenvalue weighted by atomic mass is 10.1. The Bertz CT molecular complexity index is 1310. The Kier molecular flexibility index (Phi) is 6.56. The zero-order valence-corrected chi connectivity index (χ0v) is 18.9. The smallest absolute Gasteiger partial charge is 0.281 e. The highest BCUT2D eigenvalue weighted by Crippen LogP contribution is 2.27. The highest BCUT2D eigenvalue weighted by Gasteiger charge is 2.34. The Labute approximate surface area is 193 Å². The maximum absolute atomic E-state index is 13.4. The van der Waals surface area contributed by atoms with Crippen molar-refractivity contribution in [1.82, 2.24) is 0 Å². The fraction of sp³-hybridized carbons (Fsp3) is 0.0741. The number of benzene rings is 4. The van der Waals surface area contributed by atoms with Gasteiger partial charge in [0.15, 0.2) is 6.10 Å². The molecule has 4 rings (SSSR count). The van der Waals surface area contributed by atoms with Gasteiger partial charge in [-0.05, 0) is 54.4 Å². The highest BCUT2D eigenvalue weighted by atomic mass is 32.2. The first kappa shape index (κ1) is 22.3. The molecule has 0 aliphatic carbocycles. The quantitative estimate of drug-likeness (QED) is 0.365. The van der Waals surface area contributed by atoms with Gasteiger partial charge in [0, 0.05) is 0 Å². The van der Waals surface area contributed by atoms with Crippen LogP contribution >= 0.6 is 0 Å². The minimum atomic E-state index is -4.13. The van der Waals surface area contributed by atoms with E-state index in [9.17, 15) is 13.2 Å². The number of carbonyl (C=O) groups is 1. The average molecular weight is 458 g/mol. The molecule has 0 heterocycles. The van der Waals surface area contributed by atoms with Crippen LogP contribution in [0.25, 0.3) is 11.1 Å². The molecule has 0 N–H and O–H groups in total. The van der Waals surface area contributed by atoms with Crippen molar-refractivity contribution in [2.75, 3.05) is 4.31 Å². The van der Waals surface area contributed by atoms with Crippen LogP contribution in [-0.4, -0.2) is 20.4 Å². The summed E-state index contributed by atoms with van der Waals surface area (Å²) >= 11 is 0. The molecule has 1 unspecified atom stereocenters. The number of ether oxygens (including phenoxy) is 1. The second-order valence-corrected chi connectivity index (χ2v) is 9.19. The van der Waals surface area contributed by atoms with Crippen molar-refractivity contribution < 1.29 is 17.9 Å². The summed E-state index contributed by atoms with van der Waals surface area (Å²) in [4.78, 5) is 13.4. The number of hydrogen-bond donors (Lipinski definition) is 0. The standard InChI is InChI=1S/C27H23NO4S/c1-21(32-25-19-17-23(18-20-25)22-11-5-2-6-12-22)27(29)28(24-13-7-3-8-14-24)33(30,31)26-15-9-4-10-16-26/h2-21H,1H3. The Morgan fingerprint density at radius 2 is 1.18 bits per heavy atom. The van der Waals surface area contributed by atoms with Crippen LogP contribution in [0.1, 0.15) is 6.92 Å². The molecule has 0 aromatic heterocycles. The van der Waals surface area contributed by atoms with Gasteiger partial charge in [-0.2, -0.15) is 4.31 Å². The predicted octanol–water partition coefficient (Wildman–Crippen LogP) is 5.54. The number of para-hydroxylation sites is 1. The van der Waals surface area contributed by atoms with Gasteiger partial charge in [-0.3, -0.25) is 4.79 Å². The van der Waals surface area contributed by atoms with Gasteiger partial charge in [0.05, 0.1) is 10.6 Å². The van der Waals surface area contributed by atoms with E-state index in [0.717, 1.165) is 15.4 Å². The maximum atomic E-state index is 13.4. The lowest BCUT2D eigenvalue weighted by Gasteiger charge is -2.26. The van der Waals surface area contributed by atoms with E-state index >= 15 is 0 Å². The van der Waals surface area contributed by atoms with Gasteiger partial charge in [0.1, 0.15) is 5.75 Å². The van der Waals surface area contributed by atoms with E-state index in [1.807, 2.05) is 42.5 Å². The summed E-state index contributed by atoms with van der Waals surface area (Å²) in [6.07, 6.45) is -1.04. The van der Waals surface area contributed by atoms with Crippen LogP contribution in [0.3, 0.4) is 0 Å². The fourth-order valence-electron chi connectivity index (χ4n) is 3.42. The Balaban J connectivity index is 1.60. The molecule has 166 valence electrons. The van der Waals surface area contributed by atoms with Gasteiger partial charge in [0.25, 0.3) is 15.9 Å². The summed E-state index contributed by atoms with van der Waals surface area (Å²) in [5, 5.41) is 0. The lowest BCUT2D eigenvalue weighted by Crippen LogP contribution is -2.44. The molecule has 1 atom stereocenters. The van der Waals surface area contributed by atoms with Crippen LogP contribution in [-0.2, 0) is 14.8 Å². The van der Waals surface area contributed by atoms with Crippen LogP contribution in [0.4, 0.5) is 5.69 Å². The predicted molar refractivity (Wildman–Crippen MR) is 130 cm³/mol. The van der Waals surface area contributed by atoms with Crippen molar-refractivity contribution in [2.45, 2.75) is 17.9 Å². The Morgan fingerprint density at radius 3 is 1.76 bits per heavy atom. The molecule has 4 aromatic carbocycles. The number of hydrogen-bond acceptors (Lipinski definition) is 4. The molecular formula is C27H23NO4S. The molecule has 6 heteroatoms. The molecule has 1 amide bonds. The molecule has 0 fully saturated rings. The monoisotopic (exact) mass is 457 g/mol. The molecule has 5 nitrogen and oxygen atoms in total. The zero-order valence-electron chi connectivity index (χ0n) is 18.0. The fourth-order valence-corrected chi connectivity index (χ4v) is 4.92. The summed E-state index contributed by atoms with van der Waals surface area (Å²) in [5.74, 6) is -0.210. The van der Waals surface area contributed by atoms with Gasteiger partial charge in [0.2, 0.25) is 0 Å². The number of amides is 1. The molecule has 0 saturated heterocycles. The normalized spacial score (nSPS) is 12.0. The van der Waals surface area contributed by atoms with Crippen molar-refractivity contribution in [1.29, 1.82) is 0 Å². The van der Waals surface area contributed by atoms with Gasteiger partial charge in [-0.1, -0.05) is 78.9 Å². The van der Waals surface area contributed by atoms with E-state index in [-0.39, 0.29) is 10.6 Å². The average Bonchev–Trinajstić information content (AvgIpc) is 2.86. The van der Waals surface area contributed by atoms with Gasteiger partial charge in [-0.25, -0.2) is 8.42 Å². The van der Waals surface area contributed by atoms with E-state index in [4.69, 9.17) is 4.74 Å². The molecule has 0 radical (unpaired) electrons. The van der Waals surface area contributed by atoms with E-state index in [0.29, 0.717) is 5.75 Å². The zero-order chi connectivity index (χ0) is 23.3. The Morgan fingerprint density at radius 1 is 0.697 bits per heavy atom. The van der Waals surface area contributed by atoms with Crippen LogP contribution in [0.2, 0.25) is 0 Å². The molecule has 0 aliphatic rings. The molecule has 0 saturated carbocycles. The second kappa shape index (κ2) is 9.71. The van der Waals surface area contributed by atoms with Gasteiger partial charge >= 0.3 is 0 Å².